The van der Waals surface area contributed by atoms with Crippen LogP contribution in [0.3, 0.4) is 0 Å². The molecule has 1 N–H and O–H groups in total. The Bertz CT molecular complexity index is 666. The van der Waals surface area contributed by atoms with Crippen molar-refractivity contribution in [3.63, 3.8) is 0 Å². The standard InChI is InChI=1S/C20H31N5/c1-19(2,3)15-13-16(24-18(23-15)20(4,5)6)25-11-7-14(8-12-25)17-21-9-10-22-17/h9-10,13-14H,7-8,11-12H2,1-6H3,(H,21,22). The molecule has 2 aromatic heterocycles. The zero-order chi connectivity index (χ0) is 18.2. The van der Waals surface area contributed by atoms with Gasteiger partial charge in [0.05, 0.1) is 5.69 Å². The molecule has 0 radical (unpaired) electrons. The summed E-state index contributed by atoms with van der Waals surface area (Å²) in [5, 5.41) is 0. The van der Waals surface area contributed by atoms with Crippen LogP contribution >= 0.6 is 0 Å². The first-order chi connectivity index (χ1) is 11.6. The topological polar surface area (TPSA) is 57.7 Å². The summed E-state index contributed by atoms with van der Waals surface area (Å²) in [7, 11) is 0. The van der Waals surface area contributed by atoms with E-state index in [4.69, 9.17) is 9.97 Å². The second-order valence-corrected chi connectivity index (χ2v) is 9.17. The highest BCUT2D eigenvalue weighted by atomic mass is 15.2. The number of piperidine rings is 1. The Morgan fingerprint density at radius 2 is 1.68 bits per heavy atom. The lowest BCUT2D eigenvalue weighted by atomic mass is 9.90. The van der Waals surface area contributed by atoms with Gasteiger partial charge in [0, 0.05) is 48.3 Å². The van der Waals surface area contributed by atoms with Crippen LogP contribution in [0.5, 0.6) is 0 Å². The number of nitrogens with zero attached hydrogens (tertiary/aromatic N) is 4. The molecule has 0 saturated carbocycles. The monoisotopic (exact) mass is 341 g/mol. The van der Waals surface area contributed by atoms with Gasteiger partial charge in [-0.3, -0.25) is 0 Å². The minimum Gasteiger partial charge on any atom is -0.356 e. The molecule has 3 heterocycles. The van der Waals surface area contributed by atoms with Gasteiger partial charge in [0.1, 0.15) is 17.5 Å². The summed E-state index contributed by atoms with van der Waals surface area (Å²) in [6.07, 6.45) is 5.97. The fourth-order valence-corrected chi connectivity index (χ4v) is 3.20. The molecule has 5 heteroatoms. The molecule has 1 saturated heterocycles. The zero-order valence-electron chi connectivity index (χ0n) is 16.4. The van der Waals surface area contributed by atoms with Crippen LogP contribution in [0.15, 0.2) is 18.5 Å². The van der Waals surface area contributed by atoms with Crippen LogP contribution in [0.2, 0.25) is 0 Å². The Balaban J connectivity index is 1.84. The van der Waals surface area contributed by atoms with Crippen LogP contribution in [0.25, 0.3) is 0 Å². The molecule has 3 rings (SSSR count). The van der Waals surface area contributed by atoms with E-state index in [1.807, 2.05) is 12.4 Å². The third-order valence-corrected chi connectivity index (χ3v) is 4.88. The highest BCUT2D eigenvalue weighted by Crippen LogP contribution is 2.31. The van der Waals surface area contributed by atoms with Gasteiger partial charge in [-0.25, -0.2) is 15.0 Å². The van der Waals surface area contributed by atoms with E-state index < -0.39 is 0 Å². The van der Waals surface area contributed by atoms with Crippen LogP contribution in [-0.2, 0) is 10.8 Å². The van der Waals surface area contributed by atoms with E-state index >= 15 is 0 Å². The molecule has 1 fully saturated rings. The van der Waals surface area contributed by atoms with Gasteiger partial charge in [-0.2, -0.15) is 0 Å². The summed E-state index contributed by atoms with van der Waals surface area (Å²) in [4.78, 5) is 19.9. The molecule has 0 amide bonds. The fraction of sp³-hybridized carbons (Fsp3) is 0.650. The summed E-state index contributed by atoms with van der Waals surface area (Å²) >= 11 is 0. The van der Waals surface area contributed by atoms with E-state index in [-0.39, 0.29) is 10.8 Å². The minimum atomic E-state index is -0.0531. The van der Waals surface area contributed by atoms with Crippen LogP contribution in [0, 0.1) is 0 Å². The molecule has 1 aliphatic rings. The van der Waals surface area contributed by atoms with Crippen molar-refractivity contribution in [3.8, 4) is 0 Å². The van der Waals surface area contributed by atoms with Gasteiger partial charge in [-0.15, -0.1) is 0 Å². The first-order valence-corrected chi connectivity index (χ1v) is 9.29. The minimum absolute atomic E-state index is 0.0180. The van der Waals surface area contributed by atoms with Crippen molar-refractivity contribution in [2.24, 2.45) is 0 Å². The summed E-state index contributed by atoms with van der Waals surface area (Å²) in [6, 6.07) is 2.18. The van der Waals surface area contributed by atoms with Gasteiger partial charge in [0.2, 0.25) is 0 Å². The number of H-pyrrole nitrogens is 1. The molecule has 1 aliphatic heterocycles. The predicted molar refractivity (Wildman–Crippen MR) is 102 cm³/mol. The normalized spacial score (nSPS) is 17.1. The number of aromatic nitrogens is 4. The molecule has 5 nitrogen and oxygen atoms in total. The summed E-state index contributed by atoms with van der Waals surface area (Å²) in [5.74, 6) is 3.65. The van der Waals surface area contributed by atoms with E-state index in [1.165, 1.54) is 0 Å². The Kier molecular flexibility index (Phi) is 4.60. The molecule has 0 aliphatic carbocycles. The molecule has 0 unspecified atom stereocenters. The van der Waals surface area contributed by atoms with Crippen molar-refractivity contribution in [1.29, 1.82) is 0 Å². The summed E-state index contributed by atoms with van der Waals surface area (Å²) in [5.41, 5.74) is 1.09. The van der Waals surface area contributed by atoms with Gasteiger partial charge in [-0.05, 0) is 12.8 Å². The second-order valence-electron chi connectivity index (χ2n) is 9.17. The van der Waals surface area contributed by atoms with E-state index in [0.29, 0.717) is 5.92 Å². The molecule has 136 valence electrons. The number of anilines is 1. The van der Waals surface area contributed by atoms with Crippen molar-refractivity contribution >= 4 is 5.82 Å². The number of hydrogen-bond donors (Lipinski definition) is 1. The maximum atomic E-state index is 4.92. The third-order valence-electron chi connectivity index (χ3n) is 4.88. The maximum absolute atomic E-state index is 4.92. The lowest BCUT2D eigenvalue weighted by Crippen LogP contribution is -2.35. The lowest BCUT2D eigenvalue weighted by molar-refractivity contribution is 0.478. The molecule has 0 spiro atoms. The van der Waals surface area contributed by atoms with Crippen LogP contribution in [-0.4, -0.2) is 33.0 Å². The molecule has 0 bridgehead atoms. The number of nitrogens with one attached hydrogen (secondary N) is 1. The van der Waals surface area contributed by atoms with E-state index in [0.717, 1.165) is 49.1 Å². The number of hydrogen-bond acceptors (Lipinski definition) is 4. The Labute approximate surface area is 151 Å². The number of aromatic amines is 1. The van der Waals surface area contributed by atoms with E-state index in [1.54, 1.807) is 0 Å². The first-order valence-electron chi connectivity index (χ1n) is 9.29. The zero-order valence-corrected chi connectivity index (χ0v) is 16.4. The first kappa shape index (κ1) is 17.9. The Morgan fingerprint density at radius 1 is 1.00 bits per heavy atom. The van der Waals surface area contributed by atoms with Crippen molar-refractivity contribution in [1.82, 2.24) is 19.9 Å². The van der Waals surface area contributed by atoms with Gasteiger partial charge in [-0.1, -0.05) is 41.5 Å². The fourth-order valence-electron chi connectivity index (χ4n) is 3.20. The molecule has 2 aromatic rings. The van der Waals surface area contributed by atoms with Crippen molar-refractivity contribution in [2.45, 2.75) is 71.1 Å². The van der Waals surface area contributed by atoms with Gasteiger partial charge < -0.3 is 9.88 Å². The maximum Gasteiger partial charge on any atom is 0.136 e. The molecule has 25 heavy (non-hydrogen) atoms. The smallest absolute Gasteiger partial charge is 0.136 e. The van der Waals surface area contributed by atoms with Gasteiger partial charge in [0.25, 0.3) is 0 Å². The Morgan fingerprint density at radius 3 is 2.20 bits per heavy atom. The highest BCUT2D eigenvalue weighted by molar-refractivity contribution is 5.43. The van der Waals surface area contributed by atoms with E-state index in [9.17, 15) is 0 Å². The van der Waals surface area contributed by atoms with E-state index in [2.05, 4.69) is 62.5 Å². The number of imidazole rings is 1. The van der Waals surface area contributed by atoms with Gasteiger partial charge >= 0.3 is 0 Å². The summed E-state index contributed by atoms with van der Waals surface area (Å²) < 4.78 is 0. The second kappa shape index (κ2) is 6.43. The largest absolute Gasteiger partial charge is 0.356 e. The Hall–Kier alpha value is -1.91. The molecule has 0 aromatic carbocycles. The van der Waals surface area contributed by atoms with Crippen molar-refractivity contribution in [2.75, 3.05) is 18.0 Å². The number of rotatable bonds is 2. The summed E-state index contributed by atoms with van der Waals surface area (Å²) in [6.45, 7) is 15.2. The van der Waals surface area contributed by atoms with Crippen LogP contribution in [0.4, 0.5) is 5.82 Å². The van der Waals surface area contributed by atoms with Crippen molar-refractivity contribution in [3.05, 3.63) is 35.8 Å². The van der Waals surface area contributed by atoms with Gasteiger partial charge in [0.15, 0.2) is 0 Å². The molecular weight excluding hydrogens is 310 g/mol. The average Bonchev–Trinajstić information content (AvgIpc) is 3.07. The molecule has 0 atom stereocenters. The average molecular weight is 342 g/mol. The molecular formula is C20H31N5. The lowest BCUT2D eigenvalue weighted by Gasteiger charge is -2.33. The quantitative estimate of drug-likeness (QED) is 0.890. The third kappa shape index (κ3) is 4.02. The SMILES string of the molecule is CC(C)(C)c1cc(N2CCC(c3ncc[nH]3)CC2)nc(C(C)(C)C)n1. The van der Waals surface area contributed by atoms with Crippen molar-refractivity contribution < 1.29 is 0 Å². The van der Waals surface area contributed by atoms with Crippen LogP contribution < -0.4 is 4.90 Å². The van der Waals surface area contributed by atoms with Crippen LogP contribution in [0.1, 0.15) is 77.6 Å². The highest BCUT2D eigenvalue weighted by Gasteiger charge is 2.27. The predicted octanol–water partition coefficient (Wildman–Crippen LogP) is 4.18.